The lowest BCUT2D eigenvalue weighted by Gasteiger charge is -2.04. The average molecular weight is 207 g/mol. The molecular formula is C9H10F3S+. The summed E-state index contributed by atoms with van der Waals surface area (Å²) >= 11 is 1.06. The van der Waals surface area contributed by atoms with Crippen LogP contribution in [0, 0.1) is 0 Å². The highest BCUT2D eigenvalue weighted by molar-refractivity contribution is 7.78. The van der Waals surface area contributed by atoms with E-state index in [9.17, 15) is 13.2 Å². The number of thiol groups is 1. The molecule has 0 heterocycles. The van der Waals surface area contributed by atoms with Crippen molar-refractivity contribution in [3.8, 4) is 0 Å². The van der Waals surface area contributed by atoms with E-state index in [4.69, 9.17) is 0 Å². The van der Waals surface area contributed by atoms with Crippen LogP contribution in [0.5, 0.6) is 0 Å². The summed E-state index contributed by atoms with van der Waals surface area (Å²) in [5.41, 5.74) is -0.581. The number of halogens is 3. The summed E-state index contributed by atoms with van der Waals surface area (Å²) in [5, 5.41) is 0. The first-order chi connectivity index (χ1) is 6.04. The third-order valence-electron chi connectivity index (χ3n) is 1.54. The van der Waals surface area contributed by atoms with E-state index in [0.29, 0.717) is 0 Å². The van der Waals surface area contributed by atoms with E-state index in [1.807, 2.05) is 6.92 Å². The van der Waals surface area contributed by atoms with Crippen LogP contribution >= 0.6 is 0 Å². The Hall–Kier alpha value is -0.640. The molecule has 1 aromatic carbocycles. The lowest BCUT2D eigenvalue weighted by atomic mass is 10.2. The Balaban J connectivity index is 2.81. The quantitative estimate of drug-likeness (QED) is 0.516. The van der Waals surface area contributed by atoms with Gasteiger partial charge in [0.1, 0.15) is 5.75 Å². The molecule has 0 atom stereocenters. The third-order valence-corrected chi connectivity index (χ3v) is 2.51. The molecule has 0 spiro atoms. The van der Waals surface area contributed by atoms with Crippen LogP contribution < -0.4 is 0 Å². The van der Waals surface area contributed by atoms with Gasteiger partial charge in [0.2, 0.25) is 0 Å². The minimum Gasteiger partial charge on any atom is -0.166 e. The van der Waals surface area contributed by atoms with Crippen LogP contribution in [0.25, 0.3) is 0 Å². The number of benzene rings is 1. The smallest absolute Gasteiger partial charge is 0.166 e. The van der Waals surface area contributed by atoms with E-state index >= 15 is 0 Å². The largest absolute Gasteiger partial charge is 0.416 e. The zero-order valence-corrected chi connectivity index (χ0v) is 7.99. The van der Waals surface area contributed by atoms with Crippen molar-refractivity contribution in [3.05, 3.63) is 29.8 Å². The number of rotatable bonds is 2. The third kappa shape index (κ3) is 2.95. The van der Waals surface area contributed by atoms with E-state index in [2.05, 4.69) is 0 Å². The molecule has 0 aliphatic carbocycles. The van der Waals surface area contributed by atoms with Crippen LogP contribution in [0.1, 0.15) is 12.5 Å². The van der Waals surface area contributed by atoms with E-state index in [-0.39, 0.29) is 0 Å². The lowest BCUT2D eigenvalue weighted by molar-refractivity contribution is -0.137. The zero-order valence-electron chi connectivity index (χ0n) is 7.10. The predicted octanol–water partition coefficient (Wildman–Crippen LogP) is 2.90. The Labute approximate surface area is 79.1 Å². The maximum Gasteiger partial charge on any atom is 0.416 e. The summed E-state index contributed by atoms with van der Waals surface area (Å²) in [5.74, 6) is 0.922. The van der Waals surface area contributed by atoms with Gasteiger partial charge in [0, 0.05) is 11.8 Å². The fourth-order valence-corrected chi connectivity index (χ4v) is 1.66. The maximum absolute atomic E-state index is 12.1. The van der Waals surface area contributed by atoms with E-state index < -0.39 is 11.7 Å². The van der Waals surface area contributed by atoms with Crippen LogP contribution in [0.4, 0.5) is 13.2 Å². The van der Waals surface area contributed by atoms with Crippen molar-refractivity contribution in [2.75, 3.05) is 5.75 Å². The summed E-state index contributed by atoms with van der Waals surface area (Å²) in [7, 11) is 0. The van der Waals surface area contributed by atoms with Crippen molar-refractivity contribution in [1.29, 1.82) is 0 Å². The maximum atomic E-state index is 12.1. The Morgan fingerprint density at radius 3 is 2.08 bits per heavy atom. The fraction of sp³-hybridized carbons (Fsp3) is 0.333. The van der Waals surface area contributed by atoms with Gasteiger partial charge < -0.3 is 0 Å². The molecule has 0 unspecified atom stereocenters. The zero-order chi connectivity index (χ0) is 9.90. The Bertz CT molecular complexity index is 263. The topological polar surface area (TPSA) is 0 Å². The van der Waals surface area contributed by atoms with Crippen molar-refractivity contribution in [3.63, 3.8) is 0 Å². The van der Waals surface area contributed by atoms with Crippen LogP contribution in [-0.2, 0) is 17.9 Å². The average Bonchev–Trinajstić information content (AvgIpc) is 2.04. The summed E-state index contributed by atoms with van der Waals surface area (Å²) in [6.45, 7) is 1.99. The van der Waals surface area contributed by atoms with Gasteiger partial charge in [-0.3, -0.25) is 0 Å². The molecule has 0 saturated carbocycles. The van der Waals surface area contributed by atoms with E-state index in [0.717, 1.165) is 34.5 Å². The van der Waals surface area contributed by atoms with Crippen LogP contribution in [-0.4, -0.2) is 5.75 Å². The summed E-state index contributed by atoms with van der Waals surface area (Å²) in [6, 6.07) is 5.29. The molecule has 4 heteroatoms. The molecule has 72 valence electrons. The molecule has 13 heavy (non-hydrogen) atoms. The second kappa shape index (κ2) is 4.05. The van der Waals surface area contributed by atoms with Crippen molar-refractivity contribution < 1.29 is 13.2 Å². The minimum atomic E-state index is -4.22. The van der Waals surface area contributed by atoms with Crippen molar-refractivity contribution in [2.24, 2.45) is 0 Å². The van der Waals surface area contributed by atoms with Crippen LogP contribution in [0.3, 0.4) is 0 Å². The molecule has 0 radical (unpaired) electrons. The van der Waals surface area contributed by atoms with Crippen molar-refractivity contribution >= 4 is 11.8 Å². The Morgan fingerprint density at radius 1 is 1.15 bits per heavy atom. The molecule has 0 fully saturated rings. The summed E-state index contributed by atoms with van der Waals surface area (Å²) in [6.07, 6.45) is -4.22. The predicted molar refractivity (Wildman–Crippen MR) is 49.0 cm³/mol. The number of alkyl halides is 3. The highest BCUT2D eigenvalue weighted by atomic mass is 32.2. The fourth-order valence-electron chi connectivity index (χ4n) is 0.938. The van der Waals surface area contributed by atoms with Gasteiger partial charge in [-0.1, -0.05) is 0 Å². The van der Waals surface area contributed by atoms with Gasteiger partial charge in [0.05, 0.1) is 5.56 Å². The van der Waals surface area contributed by atoms with Crippen molar-refractivity contribution in [1.82, 2.24) is 0 Å². The normalized spacial score (nSPS) is 11.7. The highest BCUT2D eigenvalue weighted by Gasteiger charge is 2.30. The Morgan fingerprint density at radius 2 is 1.69 bits per heavy atom. The molecule has 0 nitrogen and oxygen atoms in total. The van der Waals surface area contributed by atoms with Gasteiger partial charge in [0.25, 0.3) is 0 Å². The summed E-state index contributed by atoms with van der Waals surface area (Å²) < 4.78 is 36.3. The minimum absolute atomic E-state index is 0.581. The van der Waals surface area contributed by atoms with E-state index in [1.54, 1.807) is 0 Å². The molecule has 0 aromatic heterocycles. The van der Waals surface area contributed by atoms with Crippen LogP contribution in [0.15, 0.2) is 29.2 Å². The molecule has 0 aliphatic rings. The van der Waals surface area contributed by atoms with Gasteiger partial charge in [-0.2, -0.15) is 13.2 Å². The molecule has 0 aliphatic heterocycles. The monoisotopic (exact) mass is 207 g/mol. The number of hydrogen-bond acceptors (Lipinski definition) is 0. The molecule has 1 rings (SSSR count). The van der Waals surface area contributed by atoms with Gasteiger partial charge in [-0.05, 0) is 31.2 Å². The van der Waals surface area contributed by atoms with Gasteiger partial charge in [-0.25, -0.2) is 0 Å². The molecule has 0 saturated heterocycles. The standard InChI is InChI=1S/C9H9F3S/c1-2-13-8-5-3-7(4-6-8)9(10,11)12/h3-6H,2H2,1H3/p+1. The second-order valence-corrected chi connectivity index (χ2v) is 3.98. The van der Waals surface area contributed by atoms with Crippen LogP contribution in [0.2, 0.25) is 0 Å². The lowest BCUT2D eigenvalue weighted by Crippen LogP contribution is -2.04. The molecule has 0 amide bonds. The first-order valence-corrected chi connectivity index (χ1v) is 4.96. The Kier molecular flexibility index (Phi) is 3.25. The summed E-state index contributed by atoms with van der Waals surface area (Å²) in [4.78, 5) is 0.926. The SMILES string of the molecule is CC[SH+]c1ccc(C(F)(F)F)cc1. The highest BCUT2D eigenvalue weighted by Crippen LogP contribution is 2.29. The number of hydrogen-bond donors (Lipinski definition) is 0. The molecular weight excluding hydrogens is 197 g/mol. The molecule has 0 bridgehead atoms. The van der Waals surface area contributed by atoms with Gasteiger partial charge in [-0.15, -0.1) is 0 Å². The van der Waals surface area contributed by atoms with Gasteiger partial charge in [0.15, 0.2) is 4.90 Å². The first kappa shape index (κ1) is 10.4. The van der Waals surface area contributed by atoms with Crippen molar-refractivity contribution in [2.45, 2.75) is 18.0 Å². The molecule has 1 aromatic rings. The van der Waals surface area contributed by atoms with Gasteiger partial charge >= 0.3 is 6.18 Å². The second-order valence-electron chi connectivity index (χ2n) is 2.52. The molecule has 0 N–H and O–H groups in total. The first-order valence-electron chi connectivity index (χ1n) is 3.89. The van der Waals surface area contributed by atoms with E-state index in [1.165, 1.54) is 12.1 Å².